The number of benzene rings is 1. The Morgan fingerprint density at radius 1 is 1.65 bits per heavy atom. The molecular formula is C13H11NOS2. The molecule has 0 spiro atoms. The van der Waals surface area contributed by atoms with Crippen LogP contribution in [0.25, 0.3) is 0 Å². The Morgan fingerprint density at radius 2 is 2.47 bits per heavy atom. The normalized spacial score (nSPS) is 13.5. The molecule has 0 amide bonds. The van der Waals surface area contributed by atoms with E-state index in [9.17, 15) is 4.79 Å². The lowest BCUT2D eigenvalue weighted by molar-refractivity contribution is 0.101. The first-order valence-corrected chi connectivity index (χ1v) is 7.09. The Balaban J connectivity index is 2.29. The van der Waals surface area contributed by atoms with E-state index in [-0.39, 0.29) is 5.78 Å². The van der Waals surface area contributed by atoms with Gasteiger partial charge in [0.25, 0.3) is 0 Å². The monoisotopic (exact) mass is 261 g/mol. The second-order valence-corrected chi connectivity index (χ2v) is 5.59. The van der Waals surface area contributed by atoms with Gasteiger partial charge in [-0.3, -0.25) is 4.79 Å². The van der Waals surface area contributed by atoms with E-state index in [1.807, 2.05) is 18.2 Å². The molecule has 0 aromatic heterocycles. The maximum Gasteiger partial charge on any atom is 0.159 e. The van der Waals surface area contributed by atoms with Crippen LogP contribution in [0.1, 0.15) is 17.3 Å². The molecule has 17 heavy (non-hydrogen) atoms. The third-order valence-electron chi connectivity index (χ3n) is 2.28. The Hall–Kier alpha value is -1.18. The first-order chi connectivity index (χ1) is 8.20. The summed E-state index contributed by atoms with van der Waals surface area (Å²) in [7, 11) is 0. The van der Waals surface area contributed by atoms with Crippen molar-refractivity contribution in [1.29, 1.82) is 0 Å². The highest BCUT2D eigenvalue weighted by atomic mass is 32.2. The van der Waals surface area contributed by atoms with E-state index in [4.69, 9.17) is 6.42 Å². The highest BCUT2D eigenvalue weighted by molar-refractivity contribution is 8.16. The molecule has 0 unspecified atom stereocenters. The van der Waals surface area contributed by atoms with Gasteiger partial charge in [0.15, 0.2) is 5.78 Å². The first-order valence-electron chi connectivity index (χ1n) is 5.12. The zero-order chi connectivity index (χ0) is 12.3. The summed E-state index contributed by atoms with van der Waals surface area (Å²) in [6.45, 7) is 1.56. The zero-order valence-electron chi connectivity index (χ0n) is 9.40. The fourth-order valence-electron chi connectivity index (χ4n) is 1.45. The van der Waals surface area contributed by atoms with Crippen molar-refractivity contribution >= 4 is 40.0 Å². The Morgan fingerprint density at radius 3 is 3.18 bits per heavy atom. The highest BCUT2D eigenvalue weighted by Crippen LogP contribution is 2.36. The smallest absolute Gasteiger partial charge is 0.159 e. The molecular weight excluding hydrogens is 250 g/mol. The molecule has 2 rings (SSSR count). The molecule has 2 nitrogen and oxygen atoms in total. The van der Waals surface area contributed by atoms with E-state index in [1.54, 1.807) is 30.4 Å². The van der Waals surface area contributed by atoms with Crippen LogP contribution in [0, 0.1) is 12.3 Å². The number of ketones is 1. The van der Waals surface area contributed by atoms with Gasteiger partial charge in [-0.25, -0.2) is 4.99 Å². The first kappa shape index (κ1) is 12.3. The molecule has 0 fully saturated rings. The third-order valence-corrected chi connectivity index (χ3v) is 4.42. The van der Waals surface area contributed by atoms with Gasteiger partial charge < -0.3 is 0 Å². The summed E-state index contributed by atoms with van der Waals surface area (Å²) < 4.78 is 0. The second kappa shape index (κ2) is 5.44. The van der Waals surface area contributed by atoms with Crippen molar-refractivity contribution in [3.8, 4) is 12.3 Å². The lowest BCUT2D eigenvalue weighted by Crippen LogP contribution is -2.02. The molecule has 0 radical (unpaired) electrons. The minimum absolute atomic E-state index is 0.0661. The van der Waals surface area contributed by atoms with Crippen molar-refractivity contribution in [3.63, 3.8) is 0 Å². The number of terminal acetylenes is 1. The van der Waals surface area contributed by atoms with E-state index in [1.165, 1.54) is 0 Å². The predicted molar refractivity (Wildman–Crippen MR) is 75.6 cm³/mol. The molecule has 1 aromatic rings. The van der Waals surface area contributed by atoms with Crippen LogP contribution >= 0.6 is 23.5 Å². The maximum atomic E-state index is 11.3. The summed E-state index contributed by atoms with van der Waals surface area (Å²) in [5, 5.41) is 1.03. The van der Waals surface area contributed by atoms with Gasteiger partial charge in [0, 0.05) is 16.2 Å². The van der Waals surface area contributed by atoms with Crippen LogP contribution < -0.4 is 0 Å². The molecule has 1 aliphatic rings. The van der Waals surface area contributed by atoms with Gasteiger partial charge in [-0.1, -0.05) is 23.7 Å². The van der Waals surface area contributed by atoms with Crippen LogP contribution in [0.15, 0.2) is 28.1 Å². The van der Waals surface area contributed by atoms with Crippen LogP contribution in [0.4, 0.5) is 5.69 Å². The van der Waals surface area contributed by atoms with Gasteiger partial charge in [-0.15, -0.1) is 18.2 Å². The van der Waals surface area contributed by atoms with Gasteiger partial charge in [0.1, 0.15) is 0 Å². The molecule has 0 saturated carbocycles. The number of aliphatic imine (C=N–C) groups is 1. The molecule has 4 heteroatoms. The van der Waals surface area contributed by atoms with E-state index in [0.29, 0.717) is 11.3 Å². The van der Waals surface area contributed by atoms with E-state index in [2.05, 4.69) is 10.9 Å². The number of carbonyl (C=O) groups excluding carboxylic acids is 1. The summed E-state index contributed by atoms with van der Waals surface area (Å²) in [5.41, 5.74) is 1.59. The zero-order valence-corrected chi connectivity index (χ0v) is 11.0. The number of thioether (sulfide) groups is 2. The number of Topliss-reactive ketones (excluding diaryl/α,β-unsaturated/α-hetero) is 1. The molecule has 1 heterocycles. The summed E-state index contributed by atoms with van der Waals surface area (Å²) in [6.07, 6.45) is 5.23. The number of hydrogen-bond acceptors (Lipinski definition) is 4. The predicted octanol–water partition coefficient (Wildman–Crippen LogP) is 3.39. The highest BCUT2D eigenvalue weighted by Gasteiger charge is 2.14. The minimum atomic E-state index is 0.0661. The standard InChI is InChI=1S/C13H11NOS2/c1-3-6-16-13-8-17-12-5-4-10(9(2)15)7-11(12)14-13/h1,4-5,7H,6,8H2,2H3. The number of nitrogens with zero attached hydrogens (tertiary/aromatic N) is 1. The van der Waals surface area contributed by atoms with E-state index >= 15 is 0 Å². The van der Waals surface area contributed by atoms with Crippen molar-refractivity contribution < 1.29 is 4.79 Å². The summed E-state index contributed by atoms with van der Waals surface area (Å²) in [4.78, 5) is 17.0. The van der Waals surface area contributed by atoms with Crippen molar-refractivity contribution in [2.24, 2.45) is 4.99 Å². The lowest BCUT2D eigenvalue weighted by Gasteiger charge is -2.14. The molecule has 1 aliphatic heterocycles. The molecule has 0 saturated heterocycles. The summed E-state index contributed by atoms with van der Waals surface area (Å²) in [5.74, 6) is 4.15. The van der Waals surface area contributed by atoms with Crippen LogP contribution in [0.2, 0.25) is 0 Å². The average Bonchev–Trinajstić information content (AvgIpc) is 2.35. The SMILES string of the molecule is C#CCSC1=Nc2cc(C(C)=O)ccc2SC1. The number of fused-ring (bicyclic) bond motifs is 1. The molecule has 1 aromatic carbocycles. The van der Waals surface area contributed by atoms with Crippen LogP contribution in [0.5, 0.6) is 0 Å². The molecule has 0 atom stereocenters. The largest absolute Gasteiger partial charge is 0.295 e. The minimum Gasteiger partial charge on any atom is -0.295 e. The Kier molecular flexibility index (Phi) is 3.93. The van der Waals surface area contributed by atoms with Crippen molar-refractivity contribution in [2.45, 2.75) is 11.8 Å². The van der Waals surface area contributed by atoms with Gasteiger partial charge in [0.05, 0.1) is 16.5 Å². The topological polar surface area (TPSA) is 29.4 Å². The average molecular weight is 261 g/mol. The van der Waals surface area contributed by atoms with Crippen molar-refractivity contribution in [3.05, 3.63) is 23.8 Å². The van der Waals surface area contributed by atoms with Gasteiger partial charge in [0.2, 0.25) is 0 Å². The molecule has 0 bridgehead atoms. The Labute approximate surface area is 109 Å². The fraction of sp³-hybridized carbons (Fsp3) is 0.231. The number of rotatable bonds is 2. The summed E-state index contributed by atoms with van der Waals surface area (Å²) >= 11 is 3.32. The van der Waals surface area contributed by atoms with Gasteiger partial charge in [-0.05, 0) is 19.1 Å². The Bertz CT molecular complexity index is 529. The number of carbonyl (C=O) groups is 1. The molecule has 0 aliphatic carbocycles. The summed E-state index contributed by atoms with van der Waals surface area (Å²) in [6, 6.07) is 5.66. The van der Waals surface area contributed by atoms with Crippen LogP contribution in [-0.4, -0.2) is 22.3 Å². The fourth-order valence-corrected chi connectivity index (χ4v) is 3.13. The second-order valence-electron chi connectivity index (χ2n) is 3.53. The third kappa shape index (κ3) is 2.93. The molecule has 86 valence electrons. The van der Waals surface area contributed by atoms with E-state index < -0.39 is 0 Å². The van der Waals surface area contributed by atoms with Crippen molar-refractivity contribution in [2.75, 3.05) is 11.5 Å². The van der Waals surface area contributed by atoms with Gasteiger partial charge >= 0.3 is 0 Å². The van der Waals surface area contributed by atoms with Gasteiger partial charge in [-0.2, -0.15) is 0 Å². The number of hydrogen-bond donors (Lipinski definition) is 0. The van der Waals surface area contributed by atoms with Crippen LogP contribution in [-0.2, 0) is 0 Å². The van der Waals surface area contributed by atoms with Crippen LogP contribution in [0.3, 0.4) is 0 Å². The lowest BCUT2D eigenvalue weighted by atomic mass is 10.1. The van der Waals surface area contributed by atoms with E-state index in [0.717, 1.165) is 21.4 Å². The molecule has 0 N–H and O–H groups in total. The van der Waals surface area contributed by atoms with Crippen molar-refractivity contribution in [1.82, 2.24) is 0 Å². The quantitative estimate of drug-likeness (QED) is 0.603. The maximum absolute atomic E-state index is 11.3.